The lowest BCUT2D eigenvalue weighted by Crippen LogP contribution is -2.47. The maximum atomic E-state index is 14.5. The molecule has 2 saturated heterocycles. The van der Waals surface area contributed by atoms with Gasteiger partial charge in [-0.1, -0.05) is 30.3 Å². The van der Waals surface area contributed by atoms with Crippen molar-refractivity contribution < 1.29 is 23.5 Å². The molecule has 0 saturated carbocycles. The van der Waals surface area contributed by atoms with Crippen LogP contribution in [0.4, 0.5) is 4.39 Å². The normalized spacial score (nSPS) is 22.5. The zero-order valence-electron chi connectivity index (χ0n) is 19.7. The molecule has 182 valence electrons. The van der Waals surface area contributed by atoms with E-state index >= 15 is 0 Å². The summed E-state index contributed by atoms with van der Waals surface area (Å²) in [5.74, 6) is 0.242. The lowest BCUT2D eigenvalue weighted by atomic mass is 9.84. The highest BCUT2D eigenvalue weighted by Crippen LogP contribution is 2.32. The summed E-state index contributed by atoms with van der Waals surface area (Å²) in [6.45, 7) is 1.83. The average molecular weight is 469 g/mol. The molecule has 2 aliphatic rings. The van der Waals surface area contributed by atoms with Crippen molar-refractivity contribution in [3.05, 3.63) is 65.5 Å². The van der Waals surface area contributed by atoms with Gasteiger partial charge < -0.3 is 19.7 Å². The number of ether oxygens (including phenoxy) is 2. The fourth-order valence-corrected chi connectivity index (χ4v) is 4.95. The van der Waals surface area contributed by atoms with Crippen LogP contribution < -0.4 is 10.1 Å². The first-order valence-corrected chi connectivity index (χ1v) is 12.0. The van der Waals surface area contributed by atoms with Crippen LogP contribution in [0, 0.1) is 5.82 Å². The maximum Gasteiger partial charge on any atom is 0.222 e. The Hall–Kier alpha value is -2.93. The van der Waals surface area contributed by atoms with E-state index in [0.717, 1.165) is 18.4 Å². The molecule has 2 aromatic rings. The fourth-order valence-electron chi connectivity index (χ4n) is 4.95. The minimum absolute atomic E-state index is 0.0175. The van der Waals surface area contributed by atoms with Crippen LogP contribution in [0.5, 0.6) is 5.75 Å². The van der Waals surface area contributed by atoms with Crippen molar-refractivity contribution in [3.63, 3.8) is 0 Å². The van der Waals surface area contributed by atoms with Gasteiger partial charge in [-0.3, -0.25) is 9.59 Å². The number of nitrogens with one attached hydrogen (secondary N) is 1. The van der Waals surface area contributed by atoms with Gasteiger partial charge in [0.15, 0.2) is 0 Å². The van der Waals surface area contributed by atoms with E-state index in [9.17, 15) is 14.0 Å². The van der Waals surface area contributed by atoms with Crippen LogP contribution in [0.3, 0.4) is 0 Å². The number of amides is 2. The van der Waals surface area contributed by atoms with Crippen LogP contribution in [0.2, 0.25) is 0 Å². The number of halogens is 1. The van der Waals surface area contributed by atoms with Crippen molar-refractivity contribution in [2.45, 2.75) is 63.2 Å². The summed E-state index contributed by atoms with van der Waals surface area (Å²) in [5.41, 5.74) is 0.981. The Kier molecular flexibility index (Phi) is 7.83. The first kappa shape index (κ1) is 24.2. The van der Waals surface area contributed by atoms with Crippen molar-refractivity contribution in [1.82, 2.24) is 10.2 Å². The molecule has 34 heavy (non-hydrogen) atoms. The van der Waals surface area contributed by atoms with Crippen molar-refractivity contribution >= 4 is 11.8 Å². The Bertz CT molecular complexity index is 999. The molecule has 2 atom stereocenters. The van der Waals surface area contributed by atoms with Crippen LogP contribution in [-0.2, 0) is 27.4 Å². The molecule has 2 aromatic carbocycles. The van der Waals surface area contributed by atoms with E-state index in [2.05, 4.69) is 5.32 Å². The zero-order valence-corrected chi connectivity index (χ0v) is 19.7. The maximum absolute atomic E-state index is 14.5. The molecular weight excluding hydrogens is 435 g/mol. The van der Waals surface area contributed by atoms with E-state index in [1.54, 1.807) is 12.1 Å². The van der Waals surface area contributed by atoms with Gasteiger partial charge in [-0.25, -0.2) is 4.39 Å². The highest BCUT2D eigenvalue weighted by molar-refractivity contribution is 5.80. The Morgan fingerprint density at radius 1 is 1.24 bits per heavy atom. The second kappa shape index (κ2) is 11.0. The molecule has 6 nitrogen and oxygen atoms in total. The predicted octanol–water partition coefficient (Wildman–Crippen LogP) is 4.01. The number of rotatable bonds is 9. The van der Waals surface area contributed by atoms with E-state index in [-0.39, 0.29) is 23.7 Å². The monoisotopic (exact) mass is 468 g/mol. The predicted molar refractivity (Wildman–Crippen MR) is 127 cm³/mol. The number of methoxy groups -OCH3 is 1. The molecule has 0 radical (unpaired) electrons. The number of benzene rings is 2. The number of hydrogen-bond acceptors (Lipinski definition) is 4. The van der Waals surface area contributed by atoms with E-state index in [1.165, 1.54) is 13.2 Å². The summed E-state index contributed by atoms with van der Waals surface area (Å²) in [6, 6.07) is 14.7. The van der Waals surface area contributed by atoms with E-state index in [1.807, 2.05) is 35.2 Å². The SMILES string of the molecule is COc1ccc(F)c(C[C@]2(CCC(=O)N3CCC[C@H](OCc4ccccc4)C3)CCC(=O)N2)c1. The molecule has 2 fully saturated rings. The molecule has 2 aliphatic heterocycles. The second-order valence-electron chi connectivity index (χ2n) is 9.36. The number of piperidine rings is 1. The first-order valence-electron chi connectivity index (χ1n) is 12.0. The summed E-state index contributed by atoms with van der Waals surface area (Å²) < 4.78 is 25.8. The van der Waals surface area contributed by atoms with Crippen LogP contribution in [0.15, 0.2) is 48.5 Å². The highest BCUT2D eigenvalue weighted by Gasteiger charge is 2.39. The van der Waals surface area contributed by atoms with Crippen molar-refractivity contribution in [2.24, 2.45) is 0 Å². The van der Waals surface area contributed by atoms with Gasteiger partial charge in [0.1, 0.15) is 11.6 Å². The molecule has 2 amide bonds. The summed E-state index contributed by atoms with van der Waals surface area (Å²) in [6.07, 6.45) is 3.93. The molecule has 0 aliphatic carbocycles. The van der Waals surface area contributed by atoms with Crippen LogP contribution in [0.25, 0.3) is 0 Å². The third-order valence-corrected chi connectivity index (χ3v) is 6.89. The van der Waals surface area contributed by atoms with Gasteiger partial charge in [0.25, 0.3) is 0 Å². The topological polar surface area (TPSA) is 67.9 Å². The van der Waals surface area contributed by atoms with Crippen molar-refractivity contribution in [1.29, 1.82) is 0 Å². The number of nitrogens with zero attached hydrogens (tertiary/aromatic N) is 1. The third-order valence-electron chi connectivity index (χ3n) is 6.89. The smallest absolute Gasteiger partial charge is 0.222 e. The van der Waals surface area contributed by atoms with Gasteiger partial charge >= 0.3 is 0 Å². The van der Waals surface area contributed by atoms with Gasteiger partial charge in [-0.2, -0.15) is 0 Å². The molecular formula is C27H33FN2O4. The Morgan fingerprint density at radius 2 is 2.06 bits per heavy atom. The van der Waals surface area contributed by atoms with E-state index < -0.39 is 5.54 Å². The standard InChI is InChI=1S/C27H33FN2O4/c1-33-22-9-10-24(28)21(16-22)17-27(13-11-25(31)29-27)14-12-26(32)30-15-5-8-23(18-30)34-19-20-6-3-2-4-7-20/h2-4,6-7,9-10,16,23H,5,8,11-15,17-19H2,1H3,(H,29,31)/t23-,27+/m0/s1. The number of carbonyl (C=O) groups excluding carboxylic acids is 2. The molecule has 1 N–H and O–H groups in total. The molecule has 7 heteroatoms. The Morgan fingerprint density at radius 3 is 2.79 bits per heavy atom. The molecule has 4 rings (SSSR count). The highest BCUT2D eigenvalue weighted by atomic mass is 19.1. The Balaban J connectivity index is 1.35. The second-order valence-corrected chi connectivity index (χ2v) is 9.36. The van der Waals surface area contributed by atoms with Gasteiger partial charge in [-0.05, 0) is 61.4 Å². The van der Waals surface area contributed by atoms with Crippen LogP contribution >= 0.6 is 0 Å². The average Bonchev–Trinajstić information content (AvgIpc) is 3.24. The summed E-state index contributed by atoms with van der Waals surface area (Å²) >= 11 is 0. The molecule has 0 aromatic heterocycles. The Labute approximate surface area is 200 Å². The zero-order chi connectivity index (χ0) is 24.0. The lowest BCUT2D eigenvalue weighted by molar-refractivity contribution is -0.136. The van der Waals surface area contributed by atoms with Crippen LogP contribution in [-0.4, -0.2) is 48.6 Å². The largest absolute Gasteiger partial charge is 0.497 e. The van der Waals surface area contributed by atoms with Crippen molar-refractivity contribution in [3.8, 4) is 5.75 Å². The van der Waals surface area contributed by atoms with Gasteiger partial charge in [0.2, 0.25) is 11.8 Å². The fraction of sp³-hybridized carbons (Fsp3) is 0.481. The number of likely N-dealkylation sites (tertiary alicyclic amines) is 1. The van der Waals surface area contributed by atoms with Gasteiger partial charge in [0.05, 0.1) is 19.8 Å². The lowest BCUT2D eigenvalue weighted by Gasteiger charge is -2.34. The number of hydrogen-bond donors (Lipinski definition) is 1. The van der Waals surface area contributed by atoms with Crippen molar-refractivity contribution in [2.75, 3.05) is 20.2 Å². The summed E-state index contributed by atoms with van der Waals surface area (Å²) in [5, 5.41) is 3.04. The molecule has 0 spiro atoms. The van der Waals surface area contributed by atoms with Crippen LogP contribution in [0.1, 0.15) is 49.7 Å². The molecule has 0 unspecified atom stereocenters. The number of carbonyl (C=O) groups is 2. The molecule has 0 bridgehead atoms. The minimum Gasteiger partial charge on any atom is -0.497 e. The van der Waals surface area contributed by atoms with E-state index in [0.29, 0.717) is 63.1 Å². The van der Waals surface area contributed by atoms with Gasteiger partial charge in [-0.15, -0.1) is 0 Å². The first-order chi connectivity index (χ1) is 16.5. The summed E-state index contributed by atoms with van der Waals surface area (Å²) in [4.78, 5) is 27.0. The quantitative estimate of drug-likeness (QED) is 0.604. The summed E-state index contributed by atoms with van der Waals surface area (Å²) in [7, 11) is 1.54. The minimum atomic E-state index is -0.626. The van der Waals surface area contributed by atoms with E-state index in [4.69, 9.17) is 9.47 Å². The van der Waals surface area contributed by atoms with Gasteiger partial charge in [0, 0.05) is 31.5 Å². The third kappa shape index (κ3) is 6.14. The molecule has 2 heterocycles.